The number of nitrogens with zero attached hydrogens (tertiary/aromatic N) is 5. The number of carbonyl (C=O) groups is 1. The Labute approximate surface area is 237 Å². The molecule has 0 radical (unpaired) electrons. The number of hydrogen-bond donors (Lipinski definition) is 1. The number of rotatable bonds is 9. The lowest BCUT2D eigenvalue weighted by Crippen LogP contribution is -2.20. The number of hydrogen-bond acceptors (Lipinski definition) is 7. The number of benzene rings is 3. The van der Waals surface area contributed by atoms with Crippen LogP contribution in [-0.4, -0.2) is 37.5 Å². The third-order valence-corrected chi connectivity index (χ3v) is 7.12. The minimum absolute atomic E-state index is 0.0583. The maximum atomic E-state index is 12.4. The fourth-order valence-corrected chi connectivity index (χ4v) is 5.45. The Hall–Kier alpha value is -2.44. The van der Waals surface area contributed by atoms with Gasteiger partial charge in [-0.15, -0.1) is 5.10 Å². The Balaban J connectivity index is 1.38. The van der Waals surface area contributed by atoms with Crippen LogP contribution in [0.5, 0.6) is 5.75 Å². The second kappa shape index (κ2) is 12.7. The number of amides is 1. The molecule has 1 amide bonds. The van der Waals surface area contributed by atoms with E-state index in [1.807, 2.05) is 42.5 Å². The van der Waals surface area contributed by atoms with Crippen molar-refractivity contribution in [2.24, 2.45) is 5.10 Å². The van der Waals surface area contributed by atoms with Gasteiger partial charge in [-0.1, -0.05) is 75.5 Å². The molecule has 13 heteroatoms. The lowest BCUT2D eigenvalue weighted by molar-refractivity contribution is -0.118. The van der Waals surface area contributed by atoms with Crippen LogP contribution in [0.3, 0.4) is 0 Å². The highest BCUT2D eigenvalue weighted by molar-refractivity contribution is 9.11. The third-order valence-electron chi connectivity index (χ3n) is 4.61. The second-order valence-corrected chi connectivity index (χ2v) is 10.6. The first-order valence-corrected chi connectivity index (χ1v) is 13.5. The molecule has 36 heavy (non-hydrogen) atoms. The van der Waals surface area contributed by atoms with Crippen molar-refractivity contribution in [3.05, 3.63) is 90.8 Å². The quantitative estimate of drug-likeness (QED) is 0.164. The molecule has 0 aliphatic carbocycles. The second-order valence-electron chi connectivity index (χ2n) is 7.14. The van der Waals surface area contributed by atoms with E-state index < -0.39 is 0 Å². The highest BCUT2D eigenvalue weighted by Crippen LogP contribution is 2.33. The van der Waals surface area contributed by atoms with Crippen molar-refractivity contribution in [2.75, 3.05) is 5.75 Å². The standard InChI is InChI=1S/C23H16Br2Cl2N6O2S/c24-17-8-16(22(19(25)9-17)35-12-15-6-7-18(26)10-20(15)27)11-28-29-21(34)13-36-33-23(30-31-32-33)14-4-2-1-3-5-14/h1-11H,12-13H2,(H,29,34)/b28-11-. The molecule has 0 aliphatic rings. The lowest BCUT2D eigenvalue weighted by Gasteiger charge is -2.13. The lowest BCUT2D eigenvalue weighted by atomic mass is 10.2. The molecule has 3 aromatic carbocycles. The van der Waals surface area contributed by atoms with Gasteiger partial charge < -0.3 is 4.74 Å². The van der Waals surface area contributed by atoms with E-state index in [0.29, 0.717) is 31.7 Å². The Morgan fingerprint density at radius 3 is 2.72 bits per heavy atom. The van der Waals surface area contributed by atoms with Crippen molar-refractivity contribution in [3.8, 4) is 17.1 Å². The molecule has 0 fully saturated rings. The van der Waals surface area contributed by atoms with Gasteiger partial charge in [0.25, 0.3) is 5.91 Å². The first kappa shape index (κ1) is 26.6. The zero-order chi connectivity index (χ0) is 25.5. The number of tetrazole rings is 1. The van der Waals surface area contributed by atoms with Gasteiger partial charge in [-0.2, -0.15) is 9.19 Å². The monoisotopic (exact) mass is 668 g/mol. The van der Waals surface area contributed by atoms with Crippen LogP contribution in [0.1, 0.15) is 11.1 Å². The molecular weight excluding hydrogens is 655 g/mol. The first-order chi connectivity index (χ1) is 17.4. The van der Waals surface area contributed by atoms with E-state index in [1.54, 1.807) is 18.2 Å². The molecule has 4 aromatic rings. The minimum Gasteiger partial charge on any atom is -0.487 e. The number of ether oxygens (including phenoxy) is 1. The maximum absolute atomic E-state index is 12.4. The van der Waals surface area contributed by atoms with Gasteiger partial charge in [-0.25, -0.2) is 5.43 Å². The minimum atomic E-state index is -0.324. The zero-order valence-corrected chi connectivity index (χ0v) is 23.7. The summed E-state index contributed by atoms with van der Waals surface area (Å²) < 4.78 is 9.02. The molecule has 1 heterocycles. The van der Waals surface area contributed by atoms with Gasteiger partial charge in [0.15, 0.2) is 5.82 Å². The molecule has 4 rings (SSSR count). The van der Waals surface area contributed by atoms with Gasteiger partial charge in [-0.3, -0.25) is 4.79 Å². The van der Waals surface area contributed by atoms with Crippen LogP contribution in [0.15, 0.2) is 74.7 Å². The fraction of sp³-hybridized carbons (Fsp3) is 0.0870. The number of aromatic nitrogens is 4. The molecule has 0 aliphatic heterocycles. The molecule has 0 spiro atoms. The third kappa shape index (κ3) is 7.07. The Kier molecular flexibility index (Phi) is 9.38. The SMILES string of the molecule is O=C(CSn1nnnc1-c1ccccc1)N/N=C\c1cc(Br)cc(Br)c1OCc1ccc(Cl)cc1Cl. The van der Waals surface area contributed by atoms with E-state index in [2.05, 4.69) is 57.9 Å². The van der Waals surface area contributed by atoms with E-state index in [-0.39, 0.29) is 18.3 Å². The van der Waals surface area contributed by atoms with Crippen LogP contribution in [0.25, 0.3) is 11.4 Å². The van der Waals surface area contributed by atoms with Crippen LogP contribution in [0, 0.1) is 0 Å². The van der Waals surface area contributed by atoms with Crippen LogP contribution in [-0.2, 0) is 11.4 Å². The fourth-order valence-electron chi connectivity index (χ4n) is 2.96. The molecule has 1 N–H and O–H groups in total. The maximum Gasteiger partial charge on any atom is 0.251 e. The average molecular weight is 671 g/mol. The summed E-state index contributed by atoms with van der Waals surface area (Å²) in [5.74, 6) is 0.828. The zero-order valence-electron chi connectivity index (χ0n) is 18.2. The van der Waals surface area contributed by atoms with E-state index in [4.69, 9.17) is 27.9 Å². The summed E-state index contributed by atoms with van der Waals surface area (Å²) in [6.45, 7) is 0.218. The van der Waals surface area contributed by atoms with Crippen LogP contribution in [0.2, 0.25) is 10.0 Å². The first-order valence-electron chi connectivity index (χ1n) is 10.3. The van der Waals surface area contributed by atoms with Gasteiger partial charge in [0, 0.05) is 31.2 Å². The van der Waals surface area contributed by atoms with Gasteiger partial charge in [-0.05, 0) is 62.6 Å². The molecule has 1 aromatic heterocycles. The normalized spacial score (nSPS) is 11.1. The highest BCUT2D eigenvalue weighted by atomic mass is 79.9. The molecule has 8 nitrogen and oxygen atoms in total. The van der Waals surface area contributed by atoms with Crippen molar-refractivity contribution in [1.29, 1.82) is 0 Å². The Morgan fingerprint density at radius 1 is 1.14 bits per heavy atom. The topological polar surface area (TPSA) is 94.3 Å². The summed E-state index contributed by atoms with van der Waals surface area (Å²) in [6.07, 6.45) is 1.50. The van der Waals surface area contributed by atoms with Crippen LogP contribution in [0.4, 0.5) is 0 Å². The molecule has 0 unspecified atom stereocenters. The smallest absolute Gasteiger partial charge is 0.251 e. The predicted octanol–water partition coefficient (Wildman–Crippen LogP) is 6.40. The largest absolute Gasteiger partial charge is 0.487 e. The summed E-state index contributed by atoms with van der Waals surface area (Å²) in [6, 6.07) is 18.4. The Bertz CT molecular complexity index is 1400. The highest BCUT2D eigenvalue weighted by Gasteiger charge is 2.13. The molecule has 0 bridgehead atoms. The summed E-state index contributed by atoms with van der Waals surface area (Å²) in [5, 5.41) is 16.8. The van der Waals surface area contributed by atoms with Crippen molar-refractivity contribution < 1.29 is 9.53 Å². The predicted molar refractivity (Wildman–Crippen MR) is 149 cm³/mol. The Morgan fingerprint density at radius 2 is 1.94 bits per heavy atom. The van der Waals surface area contributed by atoms with Gasteiger partial charge in [0.2, 0.25) is 0 Å². The molecular formula is C23H16Br2Cl2N6O2S. The van der Waals surface area contributed by atoms with E-state index in [0.717, 1.165) is 27.5 Å². The van der Waals surface area contributed by atoms with E-state index in [1.165, 1.54) is 10.3 Å². The summed E-state index contributed by atoms with van der Waals surface area (Å²) in [5.41, 5.74) is 4.78. The molecule has 184 valence electrons. The van der Waals surface area contributed by atoms with Crippen molar-refractivity contribution >= 4 is 79.1 Å². The summed E-state index contributed by atoms with van der Waals surface area (Å²) in [4.78, 5) is 12.4. The van der Waals surface area contributed by atoms with Crippen molar-refractivity contribution in [1.82, 2.24) is 25.0 Å². The number of carbonyl (C=O) groups excluding carboxylic acids is 1. The summed E-state index contributed by atoms with van der Waals surface area (Å²) in [7, 11) is 0. The van der Waals surface area contributed by atoms with Gasteiger partial charge in [0.1, 0.15) is 12.4 Å². The molecule has 0 atom stereocenters. The van der Waals surface area contributed by atoms with E-state index in [9.17, 15) is 4.79 Å². The van der Waals surface area contributed by atoms with E-state index >= 15 is 0 Å². The van der Waals surface area contributed by atoms with Crippen molar-refractivity contribution in [3.63, 3.8) is 0 Å². The van der Waals surface area contributed by atoms with Gasteiger partial charge in [0.05, 0.1) is 16.4 Å². The molecule has 0 saturated heterocycles. The van der Waals surface area contributed by atoms with Crippen molar-refractivity contribution in [2.45, 2.75) is 6.61 Å². The summed E-state index contributed by atoms with van der Waals surface area (Å²) >= 11 is 20.4. The average Bonchev–Trinajstić information content (AvgIpc) is 3.32. The number of nitrogens with one attached hydrogen (secondary N) is 1. The number of halogens is 4. The number of hydrazone groups is 1. The molecule has 0 saturated carbocycles. The van der Waals surface area contributed by atoms with Crippen LogP contribution < -0.4 is 10.2 Å². The van der Waals surface area contributed by atoms with Gasteiger partial charge >= 0.3 is 0 Å². The van der Waals surface area contributed by atoms with Crippen LogP contribution >= 0.6 is 67.0 Å².